The molecule has 0 radical (unpaired) electrons. The summed E-state index contributed by atoms with van der Waals surface area (Å²) in [5.74, 6) is 0. The van der Waals surface area contributed by atoms with Crippen LogP contribution in [0.15, 0.2) is 40.3 Å². The molecule has 1 aromatic carbocycles. The summed E-state index contributed by atoms with van der Waals surface area (Å²) in [6.45, 7) is 2.43. The number of para-hydroxylation sites is 1. The van der Waals surface area contributed by atoms with Crippen molar-refractivity contribution in [3.63, 3.8) is 0 Å². The molecule has 1 aliphatic rings. The number of aryl methyl sites for hydroxylation is 1. The largest absolute Gasteiger partial charge is 0.346 e. The molecule has 0 saturated heterocycles. The Morgan fingerprint density at radius 1 is 1.33 bits per heavy atom. The van der Waals surface area contributed by atoms with E-state index in [0.717, 1.165) is 30.8 Å². The summed E-state index contributed by atoms with van der Waals surface area (Å²) >= 11 is 1.48. The second-order valence-corrected chi connectivity index (χ2v) is 7.01. The number of nitrogens with one attached hydrogen (secondary N) is 1. The van der Waals surface area contributed by atoms with E-state index in [9.17, 15) is 4.79 Å². The molecule has 0 amide bonds. The van der Waals surface area contributed by atoms with Crippen LogP contribution in [0.4, 0.5) is 0 Å². The Bertz CT molecular complexity index is 959. The first-order chi connectivity index (χ1) is 11.7. The number of hydrogen-bond acceptors (Lipinski definition) is 4. The zero-order chi connectivity index (χ0) is 16.7. The minimum atomic E-state index is 0.00564. The smallest absolute Gasteiger partial charge is 0.256 e. The van der Waals surface area contributed by atoms with Gasteiger partial charge in [-0.05, 0) is 23.8 Å². The number of aromatic nitrogens is 3. The van der Waals surface area contributed by atoms with Gasteiger partial charge in [-0.2, -0.15) is 0 Å². The van der Waals surface area contributed by atoms with Crippen molar-refractivity contribution in [3.05, 3.63) is 57.6 Å². The normalized spacial score (nSPS) is 14.9. The second-order valence-electron chi connectivity index (χ2n) is 6.21. The number of fused-ring (bicyclic) bond motifs is 2. The first-order valence-electron chi connectivity index (χ1n) is 8.07. The van der Waals surface area contributed by atoms with Crippen molar-refractivity contribution in [2.24, 2.45) is 7.05 Å². The second kappa shape index (κ2) is 6.11. The molecule has 1 aliphatic heterocycles. The molecule has 0 unspecified atom stereocenters. The number of hydrogen-bond donors (Lipinski definition) is 1. The van der Waals surface area contributed by atoms with Crippen molar-refractivity contribution in [2.75, 3.05) is 12.8 Å². The van der Waals surface area contributed by atoms with E-state index in [1.165, 1.54) is 28.4 Å². The topological polar surface area (TPSA) is 53.9 Å². The Morgan fingerprint density at radius 2 is 2.17 bits per heavy atom. The monoisotopic (exact) mass is 340 g/mol. The van der Waals surface area contributed by atoms with Gasteiger partial charge < -0.3 is 9.55 Å². The highest BCUT2D eigenvalue weighted by Gasteiger charge is 2.22. The van der Waals surface area contributed by atoms with Crippen LogP contribution in [0.25, 0.3) is 10.9 Å². The van der Waals surface area contributed by atoms with Crippen LogP contribution in [0.3, 0.4) is 0 Å². The maximum absolute atomic E-state index is 12.3. The summed E-state index contributed by atoms with van der Waals surface area (Å²) in [5, 5.41) is 1.97. The van der Waals surface area contributed by atoms with Crippen molar-refractivity contribution in [3.8, 4) is 0 Å². The first-order valence-corrected chi connectivity index (χ1v) is 9.30. The average Bonchev–Trinajstić information content (AvgIpc) is 2.91. The van der Waals surface area contributed by atoms with E-state index in [0.29, 0.717) is 11.7 Å². The van der Waals surface area contributed by atoms with Crippen molar-refractivity contribution < 1.29 is 0 Å². The first kappa shape index (κ1) is 15.5. The molecule has 1 N–H and O–H groups in total. The molecule has 0 spiro atoms. The Labute approximate surface area is 144 Å². The summed E-state index contributed by atoms with van der Waals surface area (Å²) in [7, 11) is 2.11. The van der Waals surface area contributed by atoms with E-state index in [1.54, 1.807) is 0 Å². The maximum atomic E-state index is 12.3. The van der Waals surface area contributed by atoms with Crippen molar-refractivity contribution in [2.45, 2.75) is 24.7 Å². The lowest BCUT2D eigenvalue weighted by atomic mass is 10.1. The van der Waals surface area contributed by atoms with Crippen LogP contribution in [0.2, 0.25) is 0 Å². The molecular formula is C18H20N4OS. The number of thioether (sulfide) groups is 1. The fourth-order valence-electron chi connectivity index (χ4n) is 3.42. The Kier molecular flexibility index (Phi) is 3.94. The van der Waals surface area contributed by atoms with Crippen LogP contribution >= 0.6 is 11.8 Å². The predicted molar refractivity (Wildman–Crippen MR) is 97.4 cm³/mol. The van der Waals surface area contributed by atoms with Gasteiger partial charge in [0, 0.05) is 44.3 Å². The third-order valence-corrected chi connectivity index (χ3v) is 5.34. The average molecular weight is 340 g/mol. The van der Waals surface area contributed by atoms with Crippen molar-refractivity contribution in [1.82, 2.24) is 19.4 Å². The zero-order valence-corrected chi connectivity index (χ0v) is 14.7. The highest BCUT2D eigenvalue weighted by Crippen LogP contribution is 2.22. The van der Waals surface area contributed by atoms with E-state index in [2.05, 4.69) is 56.8 Å². The maximum Gasteiger partial charge on any atom is 0.256 e. The van der Waals surface area contributed by atoms with Gasteiger partial charge in [-0.25, -0.2) is 4.98 Å². The number of H-pyrrole nitrogens is 1. The lowest BCUT2D eigenvalue weighted by Crippen LogP contribution is -2.35. The van der Waals surface area contributed by atoms with Gasteiger partial charge in [0.15, 0.2) is 5.16 Å². The molecule has 0 saturated carbocycles. The molecule has 0 bridgehead atoms. The van der Waals surface area contributed by atoms with Crippen LogP contribution in [-0.4, -0.2) is 32.2 Å². The summed E-state index contributed by atoms with van der Waals surface area (Å²) in [6, 6.07) is 10.7. The Hall–Kier alpha value is -2.05. The fourth-order valence-corrected chi connectivity index (χ4v) is 3.81. The third kappa shape index (κ3) is 2.65. The number of benzene rings is 1. The van der Waals surface area contributed by atoms with Gasteiger partial charge in [-0.15, -0.1) is 0 Å². The third-order valence-electron chi connectivity index (χ3n) is 4.76. The number of rotatable bonds is 3. The molecule has 24 heavy (non-hydrogen) atoms. The van der Waals surface area contributed by atoms with Gasteiger partial charge in [-0.1, -0.05) is 30.0 Å². The van der Waals surface area contributed by atoms with Gasteiger partial charge in [0.05, 0.1) is 11.3 Å². The molecule has 3 aromatic rings. The van der Waals surface area contributed by atoms with Crippen LogP contribution < -0.4 is 5.56 Å². The molecule has 5 nitrogen and oxygen atoms in total. The van der Waals surface area contributed by atoms with Gasteiger partial charge in [0.1, 0.15) is 0 Å². The van der Waals surface area contributed by atoms with E-state index >= 15 is 0 Å². The highest BCUT2D eigenvalue weighted by molar-refractivity contribution is 7.98. The molecular weight excluding hydrogens is 320 g/mol. The SMILES string of the molecule is CSc1nc2c(c(=O)[nH]1)CN(Cc1cc3ccccc3n1C)CC2. The molecule has 0 fully saturated rings. The standard InChI is InChI=1S/C18H20N4OS/c1-21-13(9-12-5-3-4-6-16(12)21)10-22-8-7-15-14(11-22)17(23)20-18(19-15)24-2/h3-6,9H,7-8,10-11H2,1-2H3,(H,19,20,23). The number of nitrogens with zero attached hydrogens (tertiary/aromatic N) is 3. The summed E-state index contributed by atoms with van der Waals surface area (Å²) in [6.07, 6.45) is 2.76. The van der Waals surface area contributed by atoms with Crippen molar-refractivity contribution in [1.29, 1.82) is 0 Å². The molecule has 0 atom stereocenters. The van der Waals surface area contributed by atoms with E-state index < -0.39 is 0 Å². The Morgan fingerprint density at radius 3 is 2.96 bits per heavy atom. The zero-order valence-electron chi connectivity index (χ0n) is 13.9. The molecule has 6 heteroatoms. The molecule has 0 aliphatic carbocycles. The predicted octanol–water partition coefficient (Wildman–Crippen LogP) is 2.54. The van der Waals surface area contributed by atoms with E-state index in [-0.39, 0.29) is 5.56 Å². The summed E-state index contributed by atoms with van der Waals surface area (Å²) in [4.78, 5) is 22.1. The van der Waals surface area contributed by atoms with E-state index in [4.69, 9.17) is 0 Å². The summed E-state index contributed by atoms with van der Waals surface area (Å²) in [5.41, 5.74) is 4.29. The van der Waals surface area contributed by atoms with Crippen LogP contribution in [0.5, 0.6) is 0 Å². The lowest BCUT2D eigenvalue weighted by Gasteiger charge is -2.27. The molecule has 4 rings (SSSR count). The van der Waals surface area contributed by atoms with Gasteiger partial charge >= 0.3 is 0 Å². The minimum Gasteiger partial charge on any atom is -0.346 e. The highest BCUT2D eigenvalue weighted by atomic mass is 32.2. The van der Waals surface area contributed by atoms with Gasteiger partial charge in [0.25, 0.3) is 5.56 Å². The minimum absolute atomic E-state index is 0.00564. The fraction of sp³-hybridized carbons (Fsp3) is 0.333. The van der Waals surface area contributed by atoms with Crippen LogP contribution in [0.1, 0.15) is 17.0 Å². The lowest BCUT2D eigenvalue weighted by molar-refractivity contribution is 0.236. The Balaban J connectivity index is 1.61. The van der Waals surface area contributed by atoms with Crippen LogP contribution in [0, 0.1) is 0 Å². The van der Waals surface area contributed by atoms with Gasteiger partial charge in [0.2, 0.25) is 0 Å². The van der Waals surface area contributed by atoms with Crippen molar-refractivity contribution >= 4 is 22.7 Å². The molecule has 3 heterocycles. The van der Waals surface area contributed by atoms with Crippen LogP contribution in [-0.2, 0) is 26.6 Å². The number of aromatic amines is 1. The quantitative estimate of drug-likeness (QED) is 0.588. The van der Waals surface area contributed by atoms with E-state index in [1.807, 2.05) is 6.26 Å². The molecule has 2 aromatic heterocycles. The molecule has 124 valence electrons. The summed E-state index contributed by atoms with van der Waals surface area (Å²) < 4.78 is 2.24. The van der Waals surface area contributed by atoms with Gasteiger partial charge in [-0.3, -0.25) is 9.69 Å².